The van der Waals surface area contributed by atoms with Crippen molar-refractivity contribution in [3.05, 3.63) is 54.6 Å². The van der Waals surface area contributed by atoms with E-state index < -0.39 is 21.9 Å². The molecule has 1 aromatic heterocycles. The molecule has 1 spiro atoms. The molecule has 152 valence electrons. The molecule has 2 aromatic carbocycles. The summed E-state index contributed by atoms with van der Waals surface area (Å²) in [5.74, 6) is 0. The Morgan fingerprint density at radius 1 is 1.07 bits per heavy atom. The van der Waals surface area contributed by atoms with Crippen LogP contribution in [0.1, 0.15) is 6.42 Å². The van der Waals surface area contributed by atoms with Crippen LogP contribution in [0.3, 0.4) is 0 Å². The summed E-state index contributed by atoms with van der Waals surface area (Å²) >= 11 is 0. The third kappa shape index (κ3) is 2.92. The molecular formula is C20H20FN3O4S. The van der Waals surface area contributed by atoms with Gasteiger partial charge in [0.15, 0.2) is 17.5 Å². The average Bonchev–Trinajstić information content (AvgIpc) is 3.36. The van der Waals surface area contributed by atoms with Crippen LogP contribution < -0.4 is 4.90 Å². The van der Waals surface area contributed by atoms with Gasteiger partial charge in [-0.1, -0.05) is 30.3 Å². The predicted molar refractivity (Wildman–Crippen MR) is 105 cm³/mol. The highest BCUT2D eigenvalue weighted by atomic mass is 32.2. The molecule has 0 saturated carbocycles. The second-order valence-corrected chi connectivity index (χ2v) is 9.07. The molecule has 7 nitrogen and oxygen atoms in total. The fraction of sp³-hybridized carbons (Fsp3) is 0.350. The van der Waals surface area contributed by atoms with Crippen LogP contribution in [0.15, 0.2) is 63.9 Å². The SMILES string of the molecule is O=S(=O)(c1ccccc1)N1CCOC12CCN(c1nc3ccccc3o1)CC2F. The quantitative estimate of drug-likeness (QED) is 0.652. The Kier molecular flexibility index (Phi) is 4.34. The van der Waals surface area contributed by atoms with Gasteiger partial charge in [0.2, 0.25) is 10.0 Å². The maximum atomic E-state index is 15.5. The Labute approximate surface area is 167 Å². The van der Waals surface area contributed by atoms with Crippen molar-refractivity contribution in [3.8, 4) is 0 Å². The van der Waals surface area contributed by atoms with Crippen LogP contribution in [-0.2, 0) is 14.8 Å². The summed E-state index contributed by atoms with van der Waals surface area (Å²) in [6, 6.07) is 15.7. The minimum Gasteiger partial charge on any atom is -0.423 e. The third-order valence-corrected chi connectivity index (χ3v) is 7.50. The number of fused-ring (bicyclic) bond motifs is 1. The van der Waals surface area contributed by atoms with Gasteiger partial charge in [-0.05, 0) is 24.3 Å². The van der Waals surface area contributed by atoms with Crippen molar-refractivity contribution in [2.24, 2.45) is 0 Å². The molecule has 2 aliphatic rings. The molecule has 2 fully saturated rings. The smallest absolute Gasteiger partial charge is 0.298 e. The van der Waals surface area contributed by atoms with Crippen LogP contribution in [0.4, 0.5) is 10.4 Å². The summed E-state index contributed by atoms with van der Waals surface area (Å²) in [5.41, 5.74) is -0.177. The number of piperidine rings is 1. The number of hydrogen-bond acceptors (Lipinski definition) is 6. The van der Waals surface area contributed by atoms with Gasteiger partial charge in [-0.3, -0.25) is 0 Å². The first-order chi connectivity index (χ1) is 14.0. The number of hydrogen-bond donors (Lipinski definition) is 0. The van der Waals surface area contributed by atoms with E-state index in [2.05, 4.69) is 4.98 Å². The standard InChI is InChI=1S/C20H20FN3O4S/c21-18-14-23(19-22-16-8-4-5-9-17(16)28-19)11-10-20(18)24(12-13-27-20)29(25,26)15-6-2-1-3-7-15/h1-9,18H,10-14H2. The molecule has 0 bridgehead atoms. The lowest BCUT2D eigenvalue weighted by Crippen LogP contribution is -2.62. The van der Waals surface area contributed by atoms with Crippen LogP contribution >= 0.6 is 0 Å². The molecule has 3 heterocycles. The number of anilines is 1. The van der Waals surface area contributed by atoms with E-state index in [1.165, 1.54) is 16.4 Å². The lowest BCUT2D eigenvalue weighted by Gasteiger charge is -2.44. The second kappa shape index (κ2) is 6.79. The Bertz CT molecular complexity index is 1100. The van der Waals surface area contributed by atoms with Gasteiger partial charge in [-0.25, -0.2) is 12.8 Å². The number of aromatic nitrogens is 1. The zero-order valence-corrected chi connectivity index (χ0v) is 16.4. The van der Waals surface area contributed by atoms with E-state index in [1.54, 1.807) is 29.2 Å². The van der Waals surface area contributed by atoms with E-state index in [9.17, 15) is 8.42 Å². The molecule has 0 radical (unpaired) electrons. The largest absolute Gasteiger partial charge is 0.423 e. The van der Waals surface area contributed by atoms with Crippen LogP contribution in [0.2, 0.25) is 0 Å². The van der Waals surface area contributed by atoms with Crippen LogP contribution in [0, 0.1) is 0 Å². The number of nitrogens with zero attached hydrogens (tertiary/aromatic N) is 3. The Morgan fingerprint density at radius 3 is 2.59 bits per heavy atom. The molecule has 3 aromatic rings. The lowest BCUT2D eigenvalue weighted by atomic mass is 9.99. The van der Waals surface area contributed by atoms with Gasteiger partial charge >= 0.3 is 0 Å². The molecule has 2 atom stereocenters. The fourth-order valence-corrected chi connectivity index (χ4v) is 5.84. The highest BCUT2D eigenvalue weighted by molar-refractivity contribution is 7.89. The van der Waals surface area contributed by atoms with Gasteiger partial charge in [0.05, 0.1) is 18.0 Å². The number of benzene rings is 2. The Hall–Kier alpha value is -2.49. The number of alkyl halides is 1. The van der Waals surface area contributed by atoms with E-state index in [1.807, 2.05) is 18.2 Å². The van der Waals surface area contributed by atoms with Crippen LogP contribution in [0.5, 0.6) is 0 Å². The second-order valence-electron chi connectivity index (χ2n) is 7.21. The van der Waals surface area contributed by atoms with Gasteiger partial charge < -0.3 is 14.1 Å². The van der Waals surface area contributed by atoms with Crippen molar-refractivity contribution in [2.45, 2.75) is 23.2 Å². The summed E-state index contributed by atoms with van der Waals surface area (Å²) in [4.78, 5) is 6.26. The van der Waals surface area contributed by atoms with Gasteiger partial charge in [0.1, 0.15) is 5.52 Å². The Morgan fingerprint density at radius 2 is 1.83 bits per heavy atom. The van der Waals surface area contributed by atoms with Crippen LogP contribution in [0.25, 0.3) is 11.1 Å². The number of halogens is 1. The van der Waals surface area contributed by atoms with E-state index >= 15 is 4.39 Å². The van der Waals surface area contributed by atoms with E-state index in [4.69, 9.17) is 9.15 Å². The molecule has 29 heavy (non-hydrogen) atoms. The lowest BCUT2D eigenvalue weighted by molar-refractivity contribution is -0.116. The first-order valence-electron chi connectivity index (χ1n) is 9.47. The van der Waals surface area contributed by atoms with E-state index in [0.717, 1.165) is 0 Å². The monoisotopic (exact) mass is 417 g/mol. The van der Waals surface area contributed by atoms with Gasteiger partial charge in [-0.15, -0.1) is 0 Å². The predicted octanol–water partition coefficient (Wildman–Crippen LogP) is 2.79. The molecule has 9 heteroatoms. The summed E-state index contributed by atoms with van der Waals surface area (Å²) in [6.07, 6.45) is -1.37. The maximum Gasteiger partial charge on any atom is 0.298 e. The van der Waals surface area contributed by atoms with E-state index in [-0.39, 0.29) is 31.0 Å². The third-order valence-electron chi connectivity index (χ3n) is 5.56. The van der Waals surface area contributed by atoms with Crippen molar-refractivity contribution in [3.63, 3.8) is 0 Å². The molecule has 2 saturated heterocycles. The molecule has 0 amide bonds. The summed E-state index contributed by atoms with van der Waals surface area (Å²) in [6.45, 7) is 0.595. The number of oxazole rings is 1. The summed E-state index contributed by atoms with van der Waals surface area (Å²) in [7, 11) is -3.87. The van der Waals surface area contributed by atoms with Crippen LogP contribution in [-0.4, -0.2) is 55.8 Å². The number of para-hydroxylation sites is 2. The molecule has 5 rings (SSSR count). The van der Waals surface area contributed by atoms with Crippen molar-refractivity contribution < 1.29 is 22.0 Å². The minimum absolute atomic E-state index is 0.0619. The van der Waals surface area contributed by atoms with Crippen molar-refractivity contribution in [1.82, 2.24) is 9.29 Å². The first-order valence-corrected chi connectivity index (χ1v) is 10.9. The molecule has 0 N–H and O–H groups in total. The summed E-state index contributed by atoms with van der Waals surface area (Å²) < 4.78 is 54.5. The highest BCUT2D eigenvalue weighted by Crippen LogP contribution is 2.41. The first kappa shape index (κ1) is 18.5. The molecule has 2 aliphatic heterocycles. The minimum atomic E-state index is -3.87. The highest BCUT2D eigenvalue weighted by Gasteiger charge is 2.57. The molecular weight excluding hydrogens is 397 g/mol. The topological polar surface area (TPSA) is 75.9 Å². The fourth-order valence-electron chi connectivity index (χ4n) is 4.10. The Balaban J connectivity index is 1.43. The number of rotatable bonds is 3. The average molecular weight is 417 g/mol. The van der Waals surface area contributed by atoms with Gasteiger partial charge in [0, 0.05) is 19.5 Å². The van der Waals surface area contributed by atoms with Crippen molar-refractivity contribution in [2.75, 3.05) is 31.1 Å². The van der Waals surface area contributed by atoms with Crippen molar-refractivity contribution in [1.29, 1.82) is 0 Å². The normalized spacial score (nSPS) is 25.8. The molecule has 2 unspecified atom stereocenters. The summed E-state index contributed by atoms with van der Waals surface area (Å²) in [5, 5.41) is 0. The number of sulfonamides is 1. The number of ether oxygens (including phenoxy) is 1. The van der Waals surface area contributed by atoms with E-state index in [0.29, 0.717) is 23.7 Å². The van der Waals surface area contributed by atoms with Gasteiger partial charge in [-0.2, -0.15) is 9.29 Å². The van der Waals surface area contributed by atoms with Gasteiger partial charge in [0.25, 0.3) is 6.01 Å². The van der Waals surface area contributed by atoms with Crippen molar-refractivity contribution >= 4 is 27.1 Å². The zero-order chi connectivity index (χ0) is 20.1. The molecule has 0 aliphatic carbocycles. The maximum absolute atomic E-state index is 15.5. The zero-order valence-electron chi connectivity index (χ0n) is 15.6.